The van der Waals surface area contributed by atoms with Crippen LogP contribution in [0.15, 0.2) is 10.9 Å². The summed E-state index contributed by atoms with van der Waals surface area (Å²) in [6, 6.07) is 0. The van der Waals surface area contributed by atoms with Crippen LogP contribution in [0.3, 0.4) is 0 Å². The van der Waals surface area contributed by atoms with Crippen LogP contribution in [0, 0.1) is 5.92 Å². The Morgan fingerprint density at radius 2 is 2.70 bits per heavy atom. The van der Waals surface area contributed by atoms with Crippen molar-refractivity contribution in [3.63, 3.8) is 0 Å². The first kappa shape index (κ1) is 6.31. The van der Waals surface area contributed by atoms with E-state index in [0.717, 1.165) is 6.42 Å². The fourth-order valence-electron chi connectivity index (χ4n) is 1.22. The van der Waals surface area contributed by atoms with E-state index in [1.54, 1.807) is 11.3 Å². The normalized spacial score (nSPS) is 30.5. The molecule has 1 aliphatic carbocycles. The Morgan fingerprint density at radius 3 is 3.20 bits per heavy atom. The van der Waals surface area contributed by atoms with Crippen LogP contribution in [0.4, 0.5) is 0 Å². The first-order chi connectivity index (χ1) is 4.92. The molecule has 1 fully saturated rings. The molecule has 0 saturated heterocycles. The van der Waals surface area contributed by atoms with Crippen LogP contribution in [0.1, 0.15) is 18.0 Å². The van der Waals surface area contributed by atoms with Gasteiger partial charge in [-0.25, -0.2) is 4.98 Å². The molecule has 0 unspecified atom stereocenters. The van der Waals surface area contributed by atoms with Gasteiger partial charge in [0.1, 0.15) is 0 Å². The number of nitrogens with zero attached hydrogens (tertiary/aromatic N) is 1. The predicted octanol–water partition coefficient (Wildman–Crippen LogP) is 1.24. The fourth-order valence-corrected chi connectivity index (χ4v) is 1.84. The van der Waals surface area contributed by atoms with E-state index in [1.165, 1.54) is 5.69 Å². The summed E-state index contributed by atoms with van der Waals surface area (Å²) < 4.78 is 0. The van der Waals surface area contributed by atoms with E-state index >= 15 is 0 Å². The average Bonchev–Trinajstić information content (AvgIpc) is 2.56. The average molecular weight is 155 g/mol. The van der Waals surface area contributed by atoms with Crippen molar-refractivity contribution >= 4 is 11.3 Å². The summed E-state index contributed by atoms with van der Waals surface area (Å²) in [5.74, 6) is 1.07. The third-order valence-corrected chi connectivity index (χ3v) is 2.59. The van der Waals surface area contributed by atoms with E-state index in [2.05, 4.69) is 10.4 Å². The monoisotopic (exact) mass is 155 g/mol. The molecule has 0 amide bonds. The van der Waals surface area contributed by atoms with Gasteiger partial charge in [-0.15, -0.1) is 11.3 Å². The van der Waals surface area contributed by atoms with Gasteiger partial charge in [-0.05, 0) is 12.3 Å². The molecule has 54 valence electrons. The highest BCUT2D eigenvalue weighted by Gasteiger charge is 2.38. The summed E-state index contributed by atoms with van der Waals surface area (Å²) in [4.78, 5) is 4.18. The van der Waals surface area contributed by atoms with Gasteiger partial charge in [0.2, 0.25) is 0 Å². The highest BCUT2D eigenvalue weighted by molar-refractivity contribution is 7.07. The van der Waals surface area contributed by atoms with Gasteiger partial charge in [0.05, 0.1) is 11.2 Å². The van der Waals surface area contributed by atoms with Crippen molar-refractivity contribution in [2.75, 3.05) is 6.61 Å². The van der Waals surface area contributed by atoms with Gasteiger partial charge in [0, 0.05) is 17.9 Å². The van der Waals surface area contributed by atoms with E-state index in [4.69, 9.17) is 5.11 Å². The van der Waals surface area contributed by atoms with Gasteiger partial charge in [0.15, 0.2) is 0 Å². The quantitative estimate of drug-likeness (QED) is 0.697. The van der Waals surface area contributed by atoms with Crippen LogP contribution in [0.5, 0.6) is 0 Å². The van der Waals surface area contributed by atoms with Crippen molar-refractivity contribution in [1.82, 2.24) is 4.98 Å². The Bertz CT molecular complexity index is 209. The van der Waals surface area contributed by atoms with Crippen molar-refractivity contribution in [3.05, 3.63) is 16.6 Å². The summed E-state index contributed by atoms with van der Waals surface area (Å²) in [5.41, 5.74) is 3.02. The highest BCUT2D eigenvalue weighted by Crippen LogP contribution is 2.46. The van der Waals surface area contributed by atoms with Crippen molar-refractivity contribution < 1.29 is 5.11 Å². The molecule has 2 nitrogen and oxygen atoms in total. The fraction of sp³-hybridized carbons (Fsp3) is 0.571. The molecule has 1 N–H and O–H groups in total. The number of thiazole rings is 1. The highest BCUT2D eigenvalue weighted by atomic mass is 32.1. The minimum atomic E-state index is 0.322. The maximum Gasteiger partial charge on any atom is 0.0794 e. The second-order valence-electron chi connectivity index (χ2n) is 2.70. The molecule has 1 aromatic heterocycles. The zero-order chi connectivity index (χ0) is 6.97. The first-order valence-electron chi connectivity index (χ1n) is 3.40. The number of aliphatic hydroxyl groups is 1. The van der Waals surface area contributed by atoms with E-state index in [0.29, 0.717) is 18.4 Å². The van der Waals surface area contributed by atoms with Gasteiger partial charge < -0.3 is 5.11 Å². The molecule has 2 rings (SSSR count). The molecule has 2 atom stereocenters. The zero-order valence-corrected chi connectivity index (χ0v) is 6.34. The van der Waals surface area contributed by atoms with E-state index in [1.807, 2.05) is 5.51 Å². The molecule has 1 saturated carbocycles. The Balaban J connectivity index is 2.05. The van der Waals surface area contributed by atoms with Crippen LogP contribution in [-0.2, 0) is 0 Å². The van der Waals surface area contributed by atoms with Crippen LogP contribution in [-0.4, -0.2) is 16.7 Å². The second-order valence-corrected chi connectivity index (χ2v) is 3.42. The summed E-state index contributed by atoms with van der Waals surface area (Å²) in [7, 11) is 0. The maximum absolute atomic E-state index is 8.75. The number of hydrogen-bond donors (Lipinski definition) is 1. The SMILES string of the molecule is OC[C@H]1C[C@@H]1c1cscn1. The molecule has 1 aliphatic rings. The molecule has 10 heavy (non-hydrogen) atoms. The van der Waals surface area contributed by atoms with Crippen molar-refractivity contribution in [1.29, 1.82) is 0 Å². The minimum absolute atomic E-state index is 0.322. The van der Waals surface area contributed by atoms with Gasteiger partial charge in [-0.1, -0.05) is 0 Å². The van der Waals surface area contributed by atoms with E-state index in [-0.39, 0.29) is 0 Å². The molecule has 0 aliphatic heterocycles. The van der Waals surface area contributed by atoms with Crippen molar-refractivity contribution in [2.24, 2.45) is 5.92 Å². The molecule has 0 aromatic carbocycles. The van der Waals surface area contributed by atoms with Crippen LogP contribution in [0.25, 0.3) is 0 Å². The predicted molar refractivity (Wildman–Crippen MR) is 40.0 cm³/mol. The molecule has 1 aromatic rings. The standard InChI is InChI=1S/C7H9NOS/c9-2-5-1-6(5)7-3-10-4-8-7/h3-6,9H,1-2H2/t5-,6+/m1/s1. The van der Waals surface area contributed by atoms with Crippen LogP contribution in [0.2, 0.25) is 0 Å². The van der Waals surface area contributed by atoms with E-state index in [9.17, 15) is 0 Å². The van der Waals surface area contributed by atoms with Crippen molar-refractivity contribution in [2.45, 2.75) is 12.3 Å². The molecular weight excluding hydrogens is 146 g/mol. The summed E-state index contributed by atoms with van der Waals surface area (Å²) in [6.07, 6.45) is 1.13. The lowest BCUT2D eigenvalue weighted by Gasteiger charge is -1.88. The molecular formula is C7H9NOS. The Morgan fingerprint density at radius 1 is 1.80 bits per heavy atom. The third-order valence-electron chi connectivity index (χ3n) is 1.99. The smallest absolute Gasteiger partial charge is 0.0794 e. The number of aromatic nitrogens is 1. The topological polar surface area (TPSA) is 33.1 Å². The Labute approximate surface area is 63.5 Å². The van der Waals surface area contributed by atoms with E-state index < -0.39 is 0 Å². The molecule has 3 heteroatoms. The third kappa shape index (κ3) is 0.954. The number of hydrogen-bond acceptors (Lipinski definition) is 3. The Hall–Kier alpha value is -0.410. The number of aliphatic hydroxyl groups excluding tert-OH is 1. The van der Waals surface area contributed by atoms with Crippen LogP contribution < -0.4 is 0 Å². The van der Waals surface area contributed by atoms with Crippen LogP contribution >= 0.6 is 11.3 Å². The Kier molecular flexibility index (Phi) is 1.47. The minimum Gasteiger partial charge on any atom is -0.396 e. The molecule has 0 radical (unpaired) electrons. The van der Waals surface area contributed by atoms with Gasteiger partial charge in [-0.2, -0.15) is 0 Å². The zero-order valence-electron chi connectivity index (χ0n) is 5.53. The van der Waals surface area contributed by atoms with Gasteiger partial charge in [0.25, 0.3) is 0 Å². The van der Waals surface area contributed by atoms with Gasteiger partial charge in [-0.3, -0.25) is 0 Å². The molecule has 0 spiro atoms. The number of rotatable bonds is 2. The molecule has 1 heterocycles. The maximum atomic E-state index is 8.75. The van der Waals surface area contributed by atoms with Gasteiger partial charge >= 0.3 is 0 Å². The lowest BCUT2D eigenvalue weighted by molar-refractivity contribution is 0.273. The summed E-state index contributed by atoms with van der Waals surface area (Å²) in [5, 5.41) is 10.8. The lowest BCUT2D eigenvalue weighted by Crippen LogP contribution is -1.87. The summed E-state index contributed by atoms with van der Waals surface area (Å²) >= 11 is 1.63. The second kappa shape index (κ2) is 2.32. The largest absolute Gasteiger partial charge is 0.396 e. The summed E-state index contributed by atoms with van der Waals surface area (Å²) in [6.45, 7) is 0.322. The lowest BCUT2D eigenvalue weighted by atomic mass is 10.3. The first-order valence-corrected chi connectivity index (χ1v) is 4.35. The van der Waals surface area contributed by atoms with Crippen molar-refractivity contribution in [3.8, 4) is 0 Å². The molecule has 0 bridgehead atoms.